The maximum absolute atomic E-state index is 12.4. The molecule has 0 saturated heterocycles. The monoisotopic (exact) mass is 487 g/mol. The average molecular weight is 488 g/mol. The van der Waals surface area contributed by atoms with Gasteiger partial charge in [0.1, 0.15) is 0 Å². The smallest absolute Gasteiger partial charge is 0.189 e. The summed E-state index contributed by atoms with van der Waals surface area (Å²) in [6.07, 6.45) is 3.58. The van der Waals surface area contributed by atoms with Gasteiger partial charge in [-0.15, -0.1) is 12.6 Å². The Labute approximate surface area is 216 Å². The van der Waals surface area contributed by atoms with E-state index >= 15 is 0 Å². The molecule has 0 bridgehead atoms. The van der Waals surface area contributed by atoms with E-state index in [4.69, 9.17) is 0 Å². The van der Waals surface area contributed by atoms with Gasteiger partial charge in [-0.2, -0.15) is 0 Å². The Hall–Kier alpha value is -3.11. The van der Waals surface area contributed by atoms with Gasteiger partial charge in [0.25, 0.3) is 0 Å². The molecule has 4 heteroatoms. The highest BCUT2D eigenvalue weighted by atomic mass is 32.1. The number of carbonyl (C=O) groups is 2. The quantitative estimate of drug-likeness (QED) is 0.247. The van der Waals surface area contributed by atoms with Gasteiger partial charge in [-0.3, -0.25) is 9.59 Å². The van der Waals surface area contributed by atoms with Crippen molar-refractivity contribution in [1.82, 2.24) is 5.32 Å². The number of carbonyl (C=O) groups excluding carboxylic acids is 2. The normalized spacial score (nSPS) is 12.7. The lowest BCUT2D eigenvalue weighted by molar-refractivity contribution is -0.114. The molecule has 0 heterocycles. The summed E-state index contributed by atoms with van der Waals surface area (Å²) in [6.45, 7) is 10.0. The first-order chi connectivity index (χ1) is 16.7. The van der Waals surface area contributed by atoms with Crippen LogP contribution in [0.15, 0.2) is 85.1 Å². The van der Waals surface area contributed by atoms with Crippen molar-refractivity contribution >= 4 is 29.1 Å². The molecule has 0 saturated carbocycles. The van der Waals surface area contributed by atoms with E-state index in [9.17, 15) is 9.59 Å². The molecule has 0 amide bonds. The van der Waals surface area contributed by atoms with Crippen molar-refractivity contribution in [3.05, 3.63) is 113 Å². The largest absolute Gasteiger partial charge is 0.381 e. The summed E-state index contributed by atoms with van der Waals surface area (Å²) in [5.74, 6) is 0.165. The molecule has 1 N–H and O–H groups in total. The maximum Gasteiger partial charge on any atom is 0.189 e. The maximum atomic E-state index is 12.4. The summed E-state index contributed by atoms with van der Waals surface area (Å²) in [6, 6.07) is 25.9. The third-order valence-electron chi connectivity index (χ3n) is 5.95. The third-order valence-corrected chi connectivity index (χ3v) is 6.32. The van der Waals surface area contributed by atoms with Gasteiger partial charge in [-0.25, -0.2) is 0 Å². The molecule has 3 aromatic rings. The molecular formula is C31H37NO2S. The van der Waals surface area contributed by atoms with Crippen molar-refractivity contribution in [3.8, 4) is 0 Å². The number of hydrogen-bond donors (Lipinski definition) is 2. The second-order valence-corrected chi connectivity index (χ2v) is 9.39. The third kappa shape index (κ3) is 9.58. The first-order valence-corrected chi connectivity index (χ1v) is 12.5. The number of thiol groups is 1. The number of benzene rings is 3. The van der Waals surface area contributed by atoms with E-state index in [0.717, 1.165) is 35.1 Å². The van der Waals surface area contributed by atoms with Gasteiger partial charge in [-0.05, 0) is 57.2 Å². The lowest BCUT2D eigenvalue weighted by Gasteiger charge is -2.12. The van der Waals surface area contributed by atoms with Crippen LogP contribution in [-0.4, -0.2) is 16.9 Å². The zero-order valence-corrected chi connectivity index (χ0v) is 22.3. The Bertz CT molecular complexity index is 1100. The topological polar surface area (TPSA) is 46.2 Å². The molecule has 3 rings (SSSR count). The standard InChI is InChI=1S/C20H23NO.C11H14OS/c1-14-5-9-18(10-6-14)16(3)13-21-17(4)20(22)19-11-7-15(2)8-12-19;1-2-10(11(12)13)8-9-6-4-3-5-7-9/h5-13,17,21H,1-4H3;3-7,10H,2,8H2,1H3,(H,12,13)/b16-13+;/t;10-/m.0/s1. The highest BCUT2D eigenvalue weighted by Crippen LogP contribution is 2.15. The average Bonchev–Trinajstić information content (AvgIpc) is 2.87. The van der Waals surface area contributed by atoms with Crippen LogP contribution in [0.5, 0.6) is 0 Å². The highest BCUT2D eigenvalue weighted by molar-refractivity contribution is 7.96. The summed E-state index contributed by atoms with van der Waals surface area (Å²) in [5.41, 5.74) is 6.63. The summed E-state index contributed by atoms with van der Waals surface area (Å²) in [5, 5.41) is 3.19. The minimum absolute atomic E-state index is 0.00801. The second-order valence-electron chi connectivity index (χ2n) is 8.95. The van der Waals surface area contributed by atoms with Gasteiger partial charge < -0.3 is 5.32 Å². The van der Waals surface area contributed by atoms with Gasteiger partial charge in [-0.1, -0.05) is 96.9 Å². The number of ketones is 1. The van der Waals surface area contributed by atoms with Gasteiger partial charge in [0.05, 0.1) is 6.04 Å². The minimum Gasteiger partial charge on any atom is -0.381 e. The molecule has 0 aromatic heterocycles. The number of aryl methyl sites for hydroxylation is 2. The van der Waals surface area contributed by atoms with Crippen LogP contribution in [0.4, 0.5) is 0 Å². The number of Topliss-reactive ketones (excluding diaryl/α,β-unsaturated/α-hetero) is 1. The van der Waals surface area contributed by atoms with Crippen molar-refractivity contribution in [2.45, 2.75) is 53.5 Å². The molecule has 184 valence electrons. The van der Waals surface area contributed by atoms with E-state index in [0.29, 0.717) is 0 Å². The van der Waals surface area contributed by atoms with E-state index in [1.165, 1.54) is 11.1 Å². The molecule has 3 nitrogen and oxygen atoms in total. The van der Waals surface area contributed by atoms with Gasteiger partial charge in [0.2, 0.25) is 0 Å². The molecular weight excluding hydrogens is 450 g/mol. The van der Waals surface area contributed by atoms with Crippen molar-refractivity contribution in [3.63, 3.8) is 0 Å². The van der Waals surface area contributed by atoms with Gasteiger partial charge in [0.15, 0.2) is 10.9 Å². The fourth-order valence-corrected chi connectivity index (χ4v) is 3.77. The van der Waals surface area contributed by atoms with E-state index in [2.05, 4.69) is 49.1 Å². The molecule has 3 aromatic carbocycles. The van der Waals surface area contributed by atoms with Crippen LogP contribution in [0.1, 0.15) is 59.8 Å². The fraction of sp³-hybridized carbons (Fsp3) is 0.290. The Kier molecular flexibility index (Phi) is 11.5. The second kappa shape index (κ2) is 14.3. The van der Waals surface area contributed by atoms with Crippen LogP contribution in [0.3, 0.4) is 0 Å². The first-order valence-electron chi connectivity index (χ1n) is 12.1. The van der Waals surface area contributed by atoms with Crippen LogP contribution in [0.25, 0.3) is 5.57 Å². The molecule has 35 heavy (non-hydrogen) atoms. The van der Waals surface area contributed by atoms with Crippen molar-refractivity contribution in [1.29, 1.82) is 0 Å². The molecule has 1 unspecified atom stereocenters. The van der Waals surface area contributed by atoms with Crippen LogP contribution in [-0.2, 0) is 11.2 Å². The van der Waals surface area contributed by atoms with E-state index in [1.807, 2.05) is 88.5 Å². The Morgan fingerprint density at radius 1 is 0.857 bits per heavy atom. The minimum atomic E-state index is -0.247. The summed E-state index contributed by atoms with van der Waals surface area (Å²) >= 11 is 3.86. The van der Waals surface area contributed by atoms with Gasteiger partial charge in [0, 0.05) is 17.7 Å². The van der Waals surface area contributed by atoms with Gasteiger partial charge >= 0.3 is 0 Å². The predicted octanol–water partition coefficient (Wildman–Crippen LogP) is 7.24. The van der Waals surface area contributed by atoms with Crippen LogP contribution in [0.2, 0.25) is 0 Å². The number of nitrogens with one attached hydrogen (secondary N) is 1. The molecule has 2 atom stereocenters. The Morgan fingerprint density at radius 2 is 1.37 bits per heavy atom. The van der Waals surface area contributed by atoms with E-state index in [-0.39, 0.29) is 22.9 Å². The highest BCUT2D eigenvalue weighted by Gasteiger charge is 2.14. The molecule has 0 spiro atoms. The van der Waals surface area contributed by atoms with Crippen molar-refractivity contribution in [2.24, 2.45) is 5.92 Å². The molecule has 0 aliphatic heterocycles. The Morgan fingerprint density at radius 3 is 1.86 bits per heavy atom. The zero-order valence-electron chi connectivity index (χ0n) is 21.4. The van der Waals surface area contributed by atoms with E-state index < -0.39 is 0 Å². The van der Waals surface area contributed by atoms with Crippen molar-refractivity contribution < 1.29 is 9.59 Å². The lowest BCUT2D eigenvalue weighted by atomic mass is 9.98. The lowest BCUT2D eigenvalue weighted by Crippen LogP contribution is -2.30. The number of rotatable bonds is 9. The summed E-state index contributed by atoms with van der Waals surface area (Å²) in [7, 11) is 0. The predicted molar refractivity (Wildman–Crippen MR) is 151 cm³/mol. The van der Waals surface area contributed by atoms with Crippen LogP contribution < -0.4 is 5.32 Å². The molecule has 0 aliphatic carbocycles. The van der Waals surface area contributed by atoms with E-state index in [1.54, 1.807) is 0 Å². The SMILES string of the molecule is C/C(=C\NC(C)C(=O)c1ccc(C)cc1)c1ccc(C)cc1.CC[C@@H](Cc1ccccc1)C(=O)S. The van der Waals surface area contributed by atoms with Crippen LogP contribution in [0, 0.1) is 19.8 Å². The first kappa shape index (κ1) is 28.1. The van der Waals surface area contributed by atoms with Crippen molar-refractivity contribution in [2.75, 3.05) is 0 Å². The number of allylic oxidation sites excluding steroid dienone is 1. The van der Waals surface area contributed by atoms with Crippen LogP contribution >= 0.6 is 12.6 Å². The zero-order chi connectivity index (χ0) is 25.8. The summed E-state index contributed by atoms with van der Waals surface area (Å²) in [4.78, 5) is 23.4. The molecule has 0 fully saturated rings. The molecule has 0 radical (unpaired) electrons. The number of hydrogen-bond acceptors (Lipinski definition) is 3. The fourth-order valence-electron chi connectivity index (χ4n) is 3.50. The Balaban J connectivity index is 0.000000283. The molecule has 0 aliphatic rings. The summed E-state index contributed by atoms with van der Waals surface area (Å²) < 4.78 is 0.